The lowest BCUT2D eigenvalue weighted by atomic mass is 10.1. The van der Waals surface area contributed by atoms with Crippen LogP contribution < -0.4 is 15.0 Å². The lowest BCUT2D eigenvalue weighted by Crippen LogP contribution is -2.48. The Morgan fingerprint density at radius 2 is 1.68 bits per heavy atom. The molecule has 0 radical (unpaired) electrons. The highest BCUT2D eigenvalue weighted by atomic mass is 35.5. The van der Waals surface area contributed by atoms with Crippen LogP contribution >= 0.6 is 22.9 Å². The number of carbonyl (C=O) groups excluding carboxylic acids is 2. The van der Waals surface area contributed by atoms with Crippen molar-refractivity contribution in [3.05, 3.63) is 92.3 Å². The number of rotatable bonds is 6. The molecule has 0 aliphatic carbocycles. The highest BCUT2D eigenvalue weighted by Crippen LogP contribution is 2.40. The maximum Gasteiger partial charge on any atom is 0.287 e. The van der Waals surface area contributed by atoms with E-state index in [0.717, 1.165) is 17.0 Å². The number of benzene rings is 3. The van der Waals surface area contributed by atoms with Gasteiger partial charge in [0, 0.05) is 54.6 Å². The molecule has 0 spiro atoms. The molecule has 0 unspecified atom stereocenters. The second-order valence-corrected chi connectivity index (χ2v) is 10.1. The molecule has 1 fully saturated rings. The van der Waals surface area contributed by atoms with Gasteiger partial charge in [-0.3, -0.25) is 19.7 Å². The van der Waals surface area contributed by atoms with E-state index < -0.39 is 10.8 Å². The minimum Gasteiger partial charge on any atom is -0.497 e. The molecule has 1 aliphatic rings. The molecule has 194 valence electrons. The number of halogens is 1. The maximum absolute atomic E-state index is 12.9. The highest BCUT2D eigenvalue weighted by molar-refractivity contribution is 7.22. The highest BCUT2D eigenvalue weighted by Gasteiger charge is 2.24. The number of ether oxygens (including phenoxy) is 1. The molecule has 9 nitrogen and oxygen atoms in total. The van der Waals surface area contributed by atoms with Gasteiger partial charge in [0.25, 0.3) is 17.5 Å². The number of hydrogen-bond donors (Lipinski definition) is 1. The van der Waals surface area contributed by atoms with Crippen LogP contribution in [-0.4, -0.2) is 54.9 Å². The van der Waals surface area contributed by atoms with Crippen LogP contribution in [0.3, 0.4) is 0 Å². The molecular formula is C27H23ClN4O5S. The van der Waals surface area contributed by atoms with E-state index in [2.05, 4.69) is 10.2 Å². The number of nitro benzene ring substituents is 1. The number of non-ortho nitro benzene ring substituents is 1. The molecule has 1 aliphatic heterocycles. The Balaban J connectivity index is 1.21. The zero-order valence-electron chi connectivity index (χ0n) is 20.3. The first kappa shape index (κ1) is 25.5. The molecule has 1 N–H and O–H groups in total. The van der Waals surface area contributed by atoms with Gasteiger partial charge in [-0.1, -0.05) is 23.7 Å². The van der Waals surface area contributed by atoms with E-state index in [4.69, 9.17) is 16.3 Å². The van der Waals surface area contributed by atoms with Crippen LogP contribution in [-0.2, 0) is 0 Å². The van der Waals surface area contributed by atoms with Crippen LogP contribution in [0.5, 0.6) is 5.75 Å². The fourth-order valence-corrected chi connectivity index (χ4v) is 5.88. The quantitative estimate of drug-likeness (QED) is 0.244. The van der Waals surface area contributed by atoms with Crippen molar-refractivity contribution >= 4 is 61.9 Å². The van der Waals surface area contributed by atoms with Crippen LogP contribution in [0.15, 0.2) is 66.7 Å². The van der Waals surface area contributed by atoms with Gasteiger partial charge in [0.2, 0.25) is 0 Å². The monoisotopic (exact) mass is 550 g/mol. The van der Waals surface area contributed by atoms with Crippen LogP contribution in [0.25, 0.3) is 10.1 Å². The SMILES string of the molecule is COc1ccc(C(=O)N2CCN(c3ccc(NC(=O)c4sc5c([N+](=O)[O-])cccc5c4Cl)cc3)CC2)cc1. The van der Waals surface area contributed by atoms with Gasteiger partial charge >= 0.3 is 0 Å². The van der Waals surface area contributed by atoms with Crippen molar-refractivity contribution in [2.24, 2.45) is 0 Å². The minimum atomic E-state index is -0.482. The Kier molecular flexibility index (Phi) is 7.17. The van der Waals surface area contributed by atoms with E-state index in [-0.39, 0.29) is 21.5 Å². The molecule has 2 heterocycles. The third-order valence-electron chi connectivity index (χ3n) is 6.43. The predicted octanol–water partition coefficient (Wildman–Crippen LogP) is 5.69. The lowest BCUT2D eigenvalue weighted by molar-refractivity contribution is -0.382. The molecule has 38 heavy (non-hydrogen) atoms. The Morgan fingerprint density at radius 1 is 1.00 bits per heavy atom. The first-order valence-corrected chi connectivity index (χ1v) is 13.0. The van der Waals surface area contributed by atoms with Crippen molar-refractivity contribution in [3.63, 3.8) is 0 Å². The van der Waals surface area contributed by atoms with Gasteiger partial charge < -0.3 is 19.9 Å². The normalized spacial score (nSPS) is 13.4. The summed E-state index contributed by atoms with van der Waals surface area (Å²) < 4.78 is 5.52. The Bertz CT molecular complexity index is 1510. The van der Waals surface area contributed by atoms with Crippen LogP contribution in [0.4, 0.5) is 17.1 Å². The van der Waals surface area contributed by atoms with Gasteiger partial charge in [0.05, 0.1) is 17.1 Å². The number of fused-ring (bicyclic) bond motifs is 1. The van der Waals surface area contributed by atoms with Crippen molar-refractivity contribution in [2.75, 3.05) is 43.5 Å². The molecule has 5 rings (SSSR count). The topological polar surface area (TPSA) is 105 Å². The summed E-state index contributed by atoms with van der Waals surface area (Å²) >= 11 is 7.40. The van der Waals surface area contributed by atoms with Gasteiger partial charge in [-0.05, 0) is 48.5 Å². The number of amides is 2. The van der Waals surface area contributed by atoms with Gasteiger partial charge in [-0.15, -0.1) is 11.3 Å². The van der Waals surface area contributed by atoms with Crippen LogP contribution in [0.2, 0.25) is 5.02 Å². The zero-order valence-corrected chi connectivity index (χ0v) is 21.9. The largest absolute Gasteiger partial charge is 0.497 e. The molecule has 2 amide bonds. The minimum absolute atomic E-state index is 0.00408. The number of nitrogens with zero attached hydrogens (tertiary/aromatic N) is 3. The van der Waals surface area contributed by atoms with Crippen molar-refractivity contribution in [1.29, 1.82) is 0 Å². The van der Waals surface area contributed by atoms with Gasteiger partial charge in [0.1, 0.15) is 15.3 Å². The Morgan fingerprint density at radius 3 is 2.32 bits per heavy atom. The summed E-state index contributed by atoms with van der Waals surface area (Å²) in [6.45, 7) is 2.56. The fourth-order valence-electron chi connectivity index (χ4n) is 4.39. The average molecular weight is 551 g/mol. The van der Waals surface area contributed by atoms with Gasteiger partial charge in [-0.25, -0.2) is 0 Å². The first-order valence-electron chi connectivity index (χ1n) is 11.8. The predicted molar refractivity (Wildman–Crippen MR) is 149 cm³/mol. The number of piperazine rings is 1. The zero-order chi connectivity index (χ0) is 26.8. The van der Waals surface area contributed by atoms with E-state index in [1.165, 1.54) is 6.07 Å². The molecule has 0 atom stereocenters. The molecule has 11 heteroatoms. The van der Waals surface area contributed by atoms with E-state index in [1.54, 1.807) is 55.6 Å². The summed E-state index contributed by atoms with van der Waals surface area (Å²) in [5.41, 5.74) is 2.11. The number of thiophene rings is 1. The molecule has 3 aromatic carbocycles. The summed E-state index contributed by atoms with van der Waals surface area (Å²) in [5.74, 6) is 0.279. The van der Waals surface area contributed by atoms with Crippen molar-refractivity contribution in [2.45, 2.75) is 0 Å². The third-order valence-corrected chi connectivity index (χ3v) is 8.16. The molecule has 1 aromatic heterocycles. The average Bonchev–Trinajstić information content (AvgIpc) is 3.29. The van der Waals surface area contributed by atoms with Crippen molar-refractivity contribution in [3.8, 4) is 5.75 Å². The van der Waals surface area contributed by atoms with E-state index in [1.807, 2.05) is 17.0 Å². The number of nitro groups is 1. The number of anilines is 2. The third kappa shape index (κ3) is 5.00. The van der Waals surface area contributed by atoms with Crippen molar-refractivity contribution < 1.29 is 19.2 Å². The summed E-state index contributed by atoms with van der Waals surface area (Å²) in [4.78, 5) is 40.8. The van der Waals surface area contributed by atoms with E-state index in [0.29, 0.717) is 53.3 Å². The lowest BCUT2D eigenvalue weighted by Gasteiger charge is -2.36. The Labute approximate surface area is 227 Å². The summed E-state index contributed by atoms with van der Waals surface area (Å²) in [6, 6.07) is 19.1. The van der Waals surface area contributed by atoms with Crippen LogP contribution in [0, 0.1) is 10.1 Å². The summed E-state index contributed by atoms with van der Waals surface area (Å²) in [7, 11) is 1.59. The number of hydrogen-bond acceptors (Lipinski definition) is 7. The maximum atomic E-state index is 12.9. The number of nitrogens with one attached hydrogen (secondary N) is 1. The van der Waals surface area contributed by atoms with Crippen LogP contribution in [0.1, 0.15) is 20.0 Å². The smallest absolute Gasteiger partial charge is 0.287 e. The van der Waals surface area contributed by atoms with Crippen molar-refractivity contribution in [1.82, 2.24) is 4.90 Å². The molecule has 4 aromatic rings. The molecule has 0 bridgehead atoms. The molecule has 1 saturated heterocycles. The van der Waals surface area contributed by atoms with Gasteiger partial charge in [-0.2, -0.15) is 0 Å². The second-order valence-electron chi connectivity index (χ2n) is 8.66. The standard InChI is InChI=1S/C27H23ClN4O5S/c1-37-20-11-5-17(6-12-20)27(34)31-15-13-30(14-16-31)19-9-7-18(8-10-19)29-26(33)25-23(28)21-3-2-4-22(32(35)36)24(21)38-25/h2-12H,13-16H2,1H3,(H,29,33). The number of methoxy groups -OCH3 is 1. The first-order chi connectivity index (χ1) is 18.4. The van der Waals surface area contributed by atoms with Gasteiger partial charge in [0.15, 0.2) is 0 Å². The summed E-state index contributed by atoms with van der Waals surface area (Å²) in [6.07, 6.45) is 0. The number of carbonyl (C=O) groups is 2. The Hall–Kier alpha value is -4.15. The summed E-state index contributed by atoms with van der Waals surface area (Å²) in [5, 5.41) is 14.8. The van der Waals surface area contributed by atoms with E-state index >= 15 is 0 Å². The molecule has 0 saturated carbocycles. The molecular weight excluding hydrogens is 528 g/mol. The fraction of sp³-hybridized carbons (Fsp3) is 0.185. The second kappa shape index (κ2) is 10.7. The van der Waals surface area contributed by atoms with E-state index in [9.17, 15) is 19.7 Å².